The maximum absolute atomic E-state index is 11.5. The summed E-state index contributed by atoms with van der Waals surface area (Å²) >= 11 is 0. The van der Waals surface area contributed by atoms with Crippen molar-refractivity contribution in [1.29, 1.82) is 0 Å². The fraction of sp³-hybridized carbons (Fsp3) is 0.417. The molecular weight excluding hydrogens is 274 g/mol. The van der Waals surface area contributed by atoms with Crippen LogP contribution in [0.4, 0.5) is 0 Å². The van der Waals surface area contributed by atoms with Crippen molar-refractivity contribution in [2.45, 2.75) is 6.04 Å². The summed E-state index contributed by atoms with van der Waals surface area (Å²) in [5.41, 5.74) is 6.26. The number of halogens is 1. The number of methoxy groups -OCH3 is 4. The quantitative estimate of drug-likeness (QED) is 0.824. The molecule has 1 rings (SSSR count). The van der Waals surface area contributed by atoms with Crippen LogP contribution in [0.1, 0.15) is 11.6 Å². The Hall–Kier alpha value is -1.66. The molecule has 6 nitrogen and oxygen atoms in total. The molecule has 0 heterocycles. The molecule has 0 aliphatic heterocycles. The van der Waals surface area contributed by atoms with Crippen LogP contribution in [0.2, 0.25) is 0 Å². The number of benzene rings is 1. The number of hydrogen-bond donors (Lipinski definition) is 1. The van der Waals surface area contributed by atoms with Gasteiger partial charge in [0.15, 0.2) is 11.5 Å². The van der Waals surface area contributed by atoms with Gasteiger partial charge in [-0.05, 0) is 12.1 Å². The van der Waals surface area contributed by atoms with Crippen molar-refractivity contribution in [1.82, 2.24) is 0 Å². The Morgan fingerprint density at radius 2 is 1.63 bits per heavy atom. The van der Waals surface area contributed by atoms with Gasteiger partial charge in [-0.25, -0.2) is 0 Å². The zero-order valence-corrected chi connectivity index (χ0v) is 12.1. The zero-order valence-electron chi connectivity index (χ0n) is 11.3. The zero-order chi connectivity index (χ0) is 13.7. The van der Waals surface area contributed by atoms with E-state index in [1.807, 2.05) is 0 Å². The summed E-state index contributed by atoms with van der Waals surface area (Å²) in [7, 11) is 5.73. The monoisotopic (exact) mass is 291 g/mol. The van der Waals surface area contributed by atoms with Crippen LogP contribution >= 0.6 is 12.4 Å². The summed E-state index contributed by atoms with van der Waals surface area (Å²) in [6, 6.07) is 2.35. The van der Waals surface area contributed by atoms with Crippen LogP contribution in [0.3, 0.4) is 0 Å². The number of carbonyl (C=O) groups excluding carboxylic acids is 1. The number of ether oxygens (including phenoxy) is 4. The van der Waals surface area contributed by atoms with E-state index in [1.165, 1.54) is 28.4 Å². The molecule has 0 fully saturated rings. The van der Waals surface area contributed by atoms with Crippen molar-refractivity contribution < 1.29 is 23.7 Å². The maximum Gasteiger partial charge on any atom is 0.327 e. The Morgan fingerprint density at radius 3 is 2.05 bits per heavy atom. The van der Waals surface area contributed by atoms with E-state index in [4.69, 9.17) is 19.9 Å². The second-order valence-corrected chi connectivity index (χ2v) is 3.42. The molecule has 0 unspecified atom stereocenters. The third-order valence-electron chi connectivity index (χ3n) is 2.52. The smallest absolute Gasteiger partial charge is 0.327 e. The van der Waals surface area contributed by atoms with Gasteiger partial charge in [0.25, 0.3) is 0 Å². The van der Waals surface area contributed by atoms with Gasteiger partial charge in [0.2, 0.25) is 5.75 Å². The van der Waals surface area contributed by atoms with Crippen LogP contribution in [0.5, 0.6) is 17.2 Å². The van der Waals surface area contributed by atoms with E-state index in [9.17, 15) is 4.79 Å². The molecule has 0 saturated heterocycles. The first-order valence-electron chi connectivity index (χ1n) is 5.22. The van der Waals surface area contributed by atoms with Gasteiger partial charge in [0.05, 0.1) is 28.4 Å². The molecule has 0 radical (unpaired) electrons. The highest BCUT2D eigenvalue weighted by atomic mass is 35.5. The minimum atomic E-state index is -0.940. The van der Waals surface area contributed by atoms with Crippen molar-refractivity contribution in [3.05, 3.63) is 17.7 Å². The van der Waals surface area contributed by atoms with E-state index in [0.717, 1.165) is 0 Å². The van der Waals surface area contributed by atoms with Gasteiger partial charge in [-0.15, -0.1) is 12.4 Å². The fourth-order valence-electron chi connectivity index (χ4n) is 1.62. The number of esters is 1. The average molecular weight is 292 g/mol. The van der Waals surface area contributed by atoms with Crippen LogP contribution in [-0.4, -0.2) is 34.4 Å². The first-order chi connectivity index (χ1) is 8.60. The lowest BCUT2D eigenvalue weighted by molar-refractivity contribution is -0.142. The molecule has 0 spiro atoms. The standard InChI is InChI=1S/C12H17NO5.ClH/c1-15-8-6-5-7(9(13)12(14)18-4)10(16-2)11(8)17-3;/h5-6,9H,13H2,1-4H3;1H/t9-;/m1./s1. The highest BCUT2D eigenvalue weighted by molar-refractivity contribution is 5.85. The van der Waals surface area contributed by atoms with Gasteiger partial charge in [-0.1, -0.05) is 0 Å². The third-order valence-corrected chi connectivity index (χ3v) is 2.52. The SMILES string of the molecule is COC(=O)[C@H](N)c1ccc(OC)c(OC)c1OC.Cl. The minimum Gasteiger partial charge on any atom is -0.493 e. The van der Waals surface area contributed by atoms with Crippen LogP contribution in [0.15, 0.2) is 12.1 Å². The summed E-state index contributed by atoms with van der Waals surface area (Å²) in [6.07, 6.45) is 0. The van der Waals surface area contributed by atoms with Gasteiger partial charge >= 0.3 is 5.97 Å². The van der Waals surface area contributed by atoms with Crippen molar-refractivity contribution in [3.8, 4) is 17.2 Å². The van der Waals surface area contributed by atoms with Gasteiger partial charge in [0.1, 0.15) is 6.04 Å². The van der Waals surface area contributed by atoms with E-state index >= 15 is 0 Å². The van der Waals surface area contributed by atoms with E-state index in [0.29, 0.717) is 22.8 Å². The largest absolute Gasteiger partial charge is 0.493 e. The Labute approximate surface area is 118 Å². The van der Waals surface area contributed by atoms with Gasteiger partial charge in [0, 0.05) is 5.56 Å². The van der Waals surface area contributed by atoms with Gasteiger partial charge in [-0.2, -0.15) is 0 Å². The summed E-state index contributed by atoms with van der Waals surface area (Å²) in [5.74, 6) is 0.683. The van der Waals surface area contributed by atoms with Gasteiger partial charge < -0.3 is 24.7 Å². The van der Waals surface area contributed by atoms with Crippen molar-refractivity contribution in [2.75, 3.05) is 28.4 Å². The number of rotatable bonds is 5. The molecule has 1 aromatic rings. The van der Waals surface area contributed by atoms with Gasteiger partial charge in [-0.3, -0.25) is 4.79 Å². The lowest BCUT2D eigenvalue weighted by Crippen LogP contribution is -2.23. The Morgan fingerprint density at radius 1 is 1.05 bits per heavy atom. The first-order valence-corrected chi connectivity index (χ1v) is 5.22. The number of carbonyl (C=O) groups is 1. The second-order valence-electron chi connectivity index (χ2n) is 3.42. The second kappa shape index (κ2) is 7.70. The van der Waals surface area contributed by atoms with Crippen molar-refractivity contribution >= 4 is 18.4 Å². The normalized spacial score (nSPS) is 11.0. The maximum atomic E-state index is 11.5. The van der Waals surface area contributed by atoms with Crippen molar-refractivity contribution in [2.24, 2.45) is 5.73 Å². The molecule has 7 heteroatoms. The fourth-order valence-corrected chi connectivity index (χ4v) is 1.62. The molecule has 19 heavy (non-hydrogen) atoms. The average Bonchev–Trinajstić information content (AvgIpc) is 2.43. The van der Waals surface area contributed by atoms with Crippen LogP contribution in [0, 0.1) is 0 Å². The Bertz CT molecular complexity index is 438. The number of nitrogens with two attached hydrogens (primary N) is 1. The molecular formula is C12H18ClNO5. The predicted octanol–water partition coefficient (Wildman–Crippen LogP) is 1.31. The highest BCUT2D eigenvalue weighted by Gasteiger charge is 2.24. The molecule has 0 saturated carbocycles. The van der Waals surface area contributed by atoms with Crippen molar-refractivity contribution in [3.63, 3.8) is 0 Å². The molecule has 0 aliphatic carbocycles. The molecule has 1 aromatic carbocycles. The summed E-state index contributed by atoms with van der Waals surface area (Å²) in [4.78, 5) is 11.5. The molecule has 108 valence electrons. The molecule has 0 bridgehead atoms. The summed E-state index contributed by atoms with van der Waals surface area (Å²) < 4.78 is 20.2. The highest BCUT2D eigenvalue weighted by Crippen LogP contribution is 2.41. The molecule has 0 amide bonds. The van der Waals surface area contributed by atoms with E-state index in [1.54, 1.807) is 12.1 Å². The molecule has 0 aromatic heterocycles. The first kappa shape index (κ1) is 17.3. The van der Waals surface area contributed by atoms with Crippen LogP contribution < -0.4 is 19.9 Å². The van der Waals surface area contributed by atoms with Crippen LogP contribution in [-0.2, 0) is 9.53 Å². The van der Waals surface area contributed by atoms with E-state index in [-0.39, 0.29) is 12.4 Å². The van der Waals surface area contributed by atoms with E-state index in [2.05, 4.69) is 4.74 Å². The topological polar surface area (TPSA) is 80.0 Å². The van der Waals surface area contributed by atoms with Crippen LogP contribution in [0.25, 0.3) is 0 Å². The number of hydrogen-bond acceptors (Lipinski definition) is 6. The Balaban J connectivity index is 0.00000324. The lowest BCUT2D eigenvalue weighted by atomic mass is 10.1. The molecule has 0 aliphatic rings. The molecule has 2 N–H and O–H groups in total. The van der Waals surface area contributed by atoms with E-state index < -0.39 is 12.0 Å². The third kappa shape index (κ3) is 3.42. The lowest BCUT2D eigenvalue weighted by Gasteiger charge is -2.18. The molecule has 1 atom stereocenters. The Kier molecular flexibility index (Phi) is 7.03. The summed E-state index contributed by atoms with van der Waals surface area (Å²) in [6.45, 7) is 0. The minimum absolute atomic E-state index is 0. The summed E-state index contributed by atoms with van der Waals surface area (Å²) in [5, 5.41) is 0. The predicted molar refractivity (Wildman–Crippen MR) is 72.3 cm³/mol.